The van der Waals surface area contributed by atoms with E-state index in [1.807, 2.05) is 7.05 Å². The van der Waals surface area contributed by atoms with Crippen LogP contribution in [0, 0.1) is 0 Å². The second-order valence-electron chi connectivity index (χ2n) is 5.33. The standard InChI is InChI=1S/C17H23NOS/c1-12(2)14-7-5-13(6-8-14)9-16(18-3)17-10-15(19-4)11-20-17/h5-8,10-12,16,18H,9H2,1-4H3. The number of thiophene rings is 1. The predicted octanol–water partition coefficient (Wildman–Crippen LogP) is 4.38. The van der Waals surface area contributed by atoms with Crippen LogP contribution in [0.2, 0.25) is 0 Å². The van der Waals surface area contributed by atoms with E-state index in [0.29, 0.717) is 12.0 Å². The highest BCUT2D eigenvalue weighted by Gasteiger charge is 2.13. The number of nitrogens with one attached hydrogen (secondary N) is 1. The third kappa shape index (κ3) is 3.62. The van der Waals surface area contributed by atoms with E-state index in [4.69, 9.17) is 4.74 Å². The number of hydrogen-bond donors (Lipinski definition) is 1. The zero-order valence-electron chi connectivity index (χ0n) is 12.6. The topological polar surface area (TPSA) is 21.3 Å². The molecule has 1 aromatic heterocycles. The molecule has 20 heavy (non-hydrogen) atoms. The van der Waals surface area contributed by atoms with Crippen LogP contribution in [0.15, 0.2) is 35.7 Å². The maximum absolute atomic E-state index is 5.26. The fourth-order valence-corrected chi connectivity index (χ4v) is 3.21. The molecule has 1 heterocycles. The lowest BCUT2D eigenvalue weighted by Crippen LogP contribution is -2.17. The van der Waals surface area contributed by atoms with Gasteiger partial charge in [-0.05, 0) is 36.6 Å². The van der Waals surface area contributed by atoms with Gasteiger partial charge in [0.25, 0.3) is 0 Å². The van der Waals surface area contributed by atoms with E-state index in [1.54, 1.807) is 18.4 Å². The Labute approximate surface area is 125 Å². The van der Waals surface area contributed by atoms with E-state index in [1.165, 1.54) is 16.0 Å². The summed E-state index contributed by atoms with van der Waals surface area (Å²) in [6.07, 6.45) is 0.999. The van der Waals surface area contributed by atoms with Crippen LogP contribution in [-0.2, 0) is 6.42 Å². The zero-order chi connectivity index (χ0) is 14.5. The number of benzene rings is 1. The van der Waals surface area contributed by atoms with E-state index in [-0.39, 0.29) is 0 Å². The lowest BCUT2D eigenvalue weighted by atomic mass is 9.99. The highest BCUT2D eigenvalue weighted by molar-refractivity contribution is 7.10. The van der Waals surface area contributed by atoms with Gasteiger partial charge in [-0.2, -0.15) is 0 Å². The summed E-state index contributed by atoms with van der Waals surface area (Å²) in [6.45, 7) is 4.45. The van der Waals surface area contributed by atoms with Gasteiger partial charge in [-0.15, -0.1) is 11.3 Å². The molecule has 0 saturated carbocycles. The minimum absolute atomic E-state index is 0.341. The van der Waals surface area contributed by atoms with E-state index >= 15 is 0 Å². The van der Waals surface area contributed by atoms with Crippen LogP contribution in [-0.4, -0.2) is 14.2 Å². The van der Waals surface area contributed by atoms with Gasteiger partial charge in [0.15, 0.2) is 0 Å². The maximum Gasteiger partial charge on any atom is 0.129 e. The Morgan fingerprint density at radius 2 is 1.90 bits per heavy atom. The van der Waals surface area contributed by atoms with Crippen molar-refractivity contribution in [3.63, 3.8) is 0 Å². The maximum atomic E-state index is 5.26. The summed E-state index contributed by atoms with van der Waals surface area (Å²) in [5.74, 6) is 1.53. The molecule has 1 N–H and O–H groups in total. The second kappa shape index (κ2) is 6.91. The molecule has 3 heteroatoms. The molecule has 0 bridgehead atoms. The van der Waals surface area contributed by atoms with Gasteiger partial charge in [-0.3, -0.25) is 0 Å². The average Bonchev–Trinajstić information content (AvgIpc) is 2.94. The van der Waals surface area contributed by atoms with Crippen LogP contribution in [0.5, 0.6) is 5.75 Å². The first-order chi connectivity index (χ1) is 9.63. The van der Waals surface area contributed by atoms with Crippen molar-refractivity contribution in [1.82, 2.24) is 5.32 Å². The van der Waals surface area contributed by atoms with Gasteiger partial charge >= 0.3 is 0 Å². The molecule has 2 rings (SSSR count). The fraction of sp³-hybridized carbons (Fsp3) is 0.412. The first kappa shape index (κ1) is 15.1. The normalized spacial score (nSPS) is 12.7. The predicted molar refractivity (Wildman–Crippen MR) is 86.9 cm³/mol. The lowest BCUT2D eigenvalue weighted by molar-refractivity contribution is 0.416. The van der Waals surface area contributed by atoms with Crippen molar-refractivity contribution in [3.05, 3.63) is 51.7 Å². The molecule has 0 radical (unpaired) electrons. The van der Waals surface area contributed by atoms with Crippen LogP contribution < -0.4 is 10.1 Å². The summed E-state index contributed by atoms with van der Waals surface area (Å²) in [4.78, 5) is 1.32. The molecule has 0 saturated heterocycles. The van der Waals surface area contributed by atoms with E-state index in [2.05, 4.69) is 54.9 Å². The van der Waals surface area contributed by atoms with Crippen molar-refractivity contribution in [2.45, 2.75) is 32.2 Å². The first-order valence-electron chi connectivity index (χ1n) is 7.02. The highest BCUT2D eigenvalue weighted by Crippen LogP contribution is 2.29. The molecule has 0 aliphatic heterocycles. The Balaban J connectivity index is 2.09. The van der Waals surface area contributed by atoms with Gasteiger partial charge in [0.1, 0.15) is 5.75 Å². The molecule has 108 valence electrons. The SMILES string of the molecule is CNC(Cc1ccc(C(C)C)cc1)c1cc(OC)cs1. The molecule has 1 atom stereocenters. The van der Waals surface area contributed by atoms with Crippen LogP contribution in [0.3, 0.4) is 0 Å². The van der Waals surface area contributed by atoms with Gasteiger partial charge in [0.2, 0.25) is 0 Å². The number of methoxy groups -OCH3 is 1. The molecule has 1 unspecified atom stereocenters. The molecule has 0 spiro atoms. The molecule has 0 aliphatic carbocycles. The van der Waals surface area contributed by atoms with Crippen LogP contribution in [0.4, 0.5) is 0 Å². The third-order valence-electron chi connectivity index (χ3n) is 3.61. The fourth-order valence-electron chi connectivity index (χ4n) is 2.24. The summed E-state index contributed by atoms with van der Waals surface area (Å²) in [6, 6.07) is 11.4. The molecule has 0 aliphatic rings. The summed E-state index contributed by atoms with van der Waals surface area (Å²) < 4.78 is 5.26. The lowest BCUT2D eigenvalue weighted by Gasteiger charge is -2.15. The Morgan fingerprint density at radius 1 is 1.20 bits per heavy atom. The van der Waals surface area contributed by atoms with Gasteiger partial charge in [0.05, 0.1) is 7.11 Å². The summed E-state index contributed by atoms with van der Waals surface area (Å²) >= 11 is 1.75. The van der Waals surface area contributed by atoms with Crippen molar-refractivity contribution >= 4 is 11.3 Å². The highest BCUT2D eigenvalue weighted by atomic mass is 32.1. The Hall–Kier alpha value is -1.32. The van der Waals surface area contributed by atoms with Gasteiger partial charge in [-0.1, -0.05) is 38.1 Å². The molecule has 1 aromatic carbocycles. The largest absolute Gasteiger partial charge is 0.496 e. The Morgan fingerprint density at radius 3 is 2.40 bits per heavy atom. The van der Waals surface area contributed by atoms with Crippen LogP contribution >= 0.6 is 11.3 Å². The smallest absolute Gasteiger partial charge is 0.129 e. The summed E-state index contributed by atoms with van der Waals surface area (Å²) in [7, 11) is 3.73. The third-order valence-corrected chi connectivity index (χ3v) is 4.63. The van der Waals surface area contributed by atoms with Gasteiger partial charge in [-0.25, -0.2) is 0 Å². The number of ether oxygens (including phenoxy) is 1. The summed E-state index contributed by atoms with van der Waals surface area (Å²) in [5.41, 5.74) is 2.76. The first-order valence-corrected chi connectivity index (χ1v) is 7.90. The molecule has 2 aromatic rings. The monoisotopic (exact) mass is 289 g/mol. The van der Waals surface area contributed by atoms with Crippen molar-refractivity contribution in [1.29, 1.82) is 0 Å². The number of hydrogen-bond acceptors (Lipinski definition) is 3. The van der Waals surface area contributed by atoms with Gasteiger partial charge < -0.3 is 10.1 Å². The minimum Gasteiger partial charge on any atom is -0.496 e. The molecule has 0 amide bonds. The van der Waals surface area contributed by atoms with Crippen LogP contribution in [0.25, 0.3) is 0 Å². The van der Waals surface area contributed by atoms with Gasteiger partial charge in [0, 0.05) is 16.3 Å². The minimum atomic E-state index is 0.341. The molecular weight excluding hydrogens is 266 g/mol. The van der Waals surface area contributed by atoms with Crippen LogP contribution in [0.1, 0.15) is 41.8 Å². The van der Waals surface area contributed by atoms with E-state index in [0.717, 1.165) is 12.2 Å². The van der Waals surface area contributed by atoms with E-state index in [9.17, 15) is 0 Å². The number of likely N-dealkylation sites (N-methyl/N-ethyl adjacent to an activating group) is 1. The average molecular weight is 289 g/mol. The van der Waals surface area contributed by atoms with Crippen molar-refractivity contribution in [2.24, 2.45) is 0 Å². The van der Waals surface area contributed by atoms with Crippen molar-refractivity contribution in [2.75, 3.05) is 14.2 Å². The second-order valence-corrected chi connectivity index (χ2v) is 6.27. The number of rotatable bonds is 6. The Kier molecular flexibility index (Phi) is 5.21. The van der Waals surface area contributed by atoms with Crippen molar-refractivity contribution in [3.8, 4) is 5.75 Å². The molecular formula is C17H23NOS. The zero-order valence-corrected chi connectivity index (χ0v) is 13.5. The molecule has 2 nitrogen and oxygen atoms in total. The quantitative estimate of drug-likeness (QED) is 0.852. The van der Waals surface area contributed by atoms with E-state index < -0.39 is 0 Å². The van der Waals surface area contributed by atoms with Crippen molar-refractivity contribution < 1.29 is 4.74 Å². The summed E-state index contributed by atoms with van der Waals surface area (Å²) in [5, 5.41) is 5.45. The Bertz CT molecular complexity index is 530. The molecule has 0 fully saturated rings.